The number of nitrogens with one attached hydrogen (secondary N) is 1. The lowest BCUT2D eigenvalue weighted by molar-refractivity contribution is -0.123. The first kappa shape index (κ1) is 17.0. The Morgan fingerprint density at radius 2 is 1.72 bits per heavy atom. The molecule has 1 aliphatic heterocycles. The van der Waals surface area contributed by atoms with Crippen molar-refractivity contribution in [3.05, 3.63) is 59.7 Å². The van der Waals surface area contributed by atoms with Gasteiger partial charge in [-0.1, -0.05) is 18.2 Å². The summed E-state index contributed by atoms with van der Waals surface area (Å²) in [4.78, 5) is 27.4. The second-order valence-corrected chi connectivity index (χ2v) is 7.10. The minimum Gasteiger partial charge on any atom is -0.497 e. The molecular formula is C20H22N2O3. The van der Waals surface area contributed by atoms with Crippen molar-refractivity contribution < 1.29 is 14.3 Å². The largest absolute Gasteiger partial charge is 0.497 e. The Morgan fingerprint density at radius 1 is 1.08 bits per heavy atom. The van der Waals surface area contributed by atoms with Crippen molar-refractivity contribution in [2.45, 2.75) is 32.4 Å². The summed E-state index contributed by atoms with van der Waals surface area (Å²) in [6.45, 7) is 5.77. The first-order chi connectivity index (χ1) is 11.8. The van der Waals surface area contributed by atoms with E-state index in [1.54, 1.807) is 42.3 Å². The van der Waals surface area contributed by atoms with Gasteiger partial charge < -0.3 is 10.1 Å². The predicted octanol–water partition coefficient (Wildman–Crippen LogP) is 3.31. The molecule has 130 valence electrons. The van der Waals surface area contributed by atoms with Crippen LogP contribution >= 0.6 is 0 Å². The Hall–Kier alpha value is -2.82. The standard InChI is InChI=1S/C20H22N2O3/c1-20(2,3)21-18(23)17-15-7-5-6-8-16(15)19(24)22(17)13-9-11-14(25-4)12-10-13/h5-12,17H,1-4H3,(H,21,23). The van der Waals surface area contributed by atoms with Crippen LogP contribution in [0, 0.1) is 0 Å². The summed E-state index contributed by atoms with van der Waals surface area (Å²) in [6.07, 6.45) is 0. The van der Waals surface area contributed by atoms with Gasteiger partial charge in [-0.15, -0.1) is 0 Å². The highest BCUT2D eigenvalue weighted by Crippen LogP contribution is 2.38. The molecule has 1 aliphatic rings. The van der Waals surface area contributed by atoms with Crippen LogP contribution in [-0.2, 0) is 4.79 Å². The third kappa shape index (κ3) is 3.22. The molecule has 5 heteroatoms. The van der Waals surface area contributed by atoms with Crippen molar-refractivity contribution in [1.82, 2.24) is 5.32 Å². The van der Waals surface area contributed by atoms with Crippen LogP contribution in [0.2, 0.25) is 0 Å². The summed E-state index contributed by atoms with van der Waals surface area (Å²) < 4.78 is 5.18. The molecule has 0 radical (unpaired) electrons. The van der Waals surface area contributed by atoms with E-state index in [1.807, 2.05) is 39.0 Å². The molecule has 2 aromatic carbocycles. The lowest BCUT2D eigenvalue weighted by Gasteiger charge is -2.29. The van der Waals surface area contributed by atoms with Gasteiger partial charge in [-0.05, 0) is 56.7 Å². The zero-order valence-corrected chi connectivity index (χ0v) is 14.9. The van der Waals surface area contributed by atoms with E-state index >= 15 is 0 Å². The number of ether oxygens (including phenoxy) is 1. The van der Waals surface area contributed by atoms with Crippen molar-refractivity contribution in [3.8, 4) is 5.75 Å². The fourth-order valence-corrected chi connectivity index (χ4v) is 3.02. The summed E-state index contributed by atoms with van der Waals surface area (Å²) in [5, 5.41) is 2.99. The van der Waals surface area contributed by atoms with Crippen molar-refractivity contribution in [2.24, 2.45) is 0 Å². The maximum absolute atomic E-state index is 12.9. The topological polar surface area (TPSA) is 58.6 Å². The molecule has 5 nitrogen and oxygen atoms in total. The molecule has 2 amide bonds. The highest BCUT2D eigenvalue weighted by atomic mass is 16.5. The van der Waals surface area contributed by atoms with Crippen molar-refractivity contribution in [1.29, 1.82) is 0 Å². The van der Waals surface area contributed by atoms with Gasteiger partial charge in [0.2, 0.25) is 5.91 Å². The number of carbonyl (C=O) groups excluding carboxylic acids is 2. The molecule has 25 heavy (non-hydrogen) atoms. The van der Waals surface area contributed by atoms with Gasteiger partial charge in [0.25, 0.3) is 5.91 Å². The predicted molar refractivity (Wildman–Crippen MR) is 96.9 cm³/mol. The van der Waals surface area contributed by atoms with Crippen molar-refractivity contribution >= 4 is 17.5 Å². The molecule has 1 N–H and O–H groups in total. The van der Waals surface area contributed by atoms with Crippen molar-refractivity contribution in [2.75, 3.05) is 12.0 Å². The number of nitrogens with zero attached hydrogens (tertiary/aromatic N) is 1. The van der Waals surface area contributed by atoms with Gasteiger partial charge in [0.05, 0.1) is 7.11 Å². The monoisotopic (exact) mass is 338 g/mol. The van der Waals surface area contributed by atoms with Gasteiger partial charge in [0, 0.05) is 16.8 Å². The van der Waals surface area contributed by atoms with Crippen LogP contribution in [0.5, 0.6) is 5.75 Å². The average Bonchev–Trinajstić information content (AvgIpc) is 2.87. The number of benzene rings is 2. The smallest absolute Gasteiger partial charge is 0.259 e. The molecule has 1 atom stereocenters. The maximum atomic E-state index is 12.9. The van der Waals surface area contributed by atoms with Crippen LogP contribution in [-0.4, -0.2) is 24.5 Å². The molecular weight excluding hydrogens is 316 g/mol. The Morgan fingerprint density at radius 3 is 2.32 bits per heavy atom. The lowest BCUT2D eigenvalue weighted by atomic mass is 10.0. The second kappa shape index (κ2) is 6.24. The van der Waals surface area contributed by atoms with E-state index in [0.29, 0.717) is 17.0 Å². The number of rotatable bonds is 3. The zero-order chi connectivity index (χ0) is 18.2. The van der Waals surface area contributed by atoms with Crippen LogP contribution in [0.25, 0.3) is 0 Å². The Labute approximate surface area is 147 Å². The molecule has 0 fully saturated rings. The third-order valence-electron chi connectivity index (χ3n) is 4.06. The van der Waals surface area contributed by atoms with Gasteiger partial charge in [-0.25, -0.2) is 0 Å². The Kier molecular flexibility index (Phi) is 4.25. The van der Waals surface area contributed by atoms with E-state index in [1.165, 1.54) is 0 Å². The number of carbonyl (C=O) groups is 2. The number of anilines is 1. The summed E-state index contributed by atoms with van der Waals surface area (Å²) in [5.41, 5.74) is 1.57. The quantitative estimate of drug-likeness (QED) is 0.934. The normalized spacial score (nSPS) is 16.6. The number of amides is 2. The zero-order valence-electron chi connectivity index (χ0n) is 14.9. The fraction of sp³-hybridized carbons (Fsp3) is 0.300. The Bertz CT molecular complexity index is 806. The van der Waals surface area contributed by atoms with Crippen molar-refractivity contribution in [3.63, 3.8) is 0 Å². The number of fused-ring (bicyclic) bond motifs is 1. The van der Waals surface area contributed by atoms with E-state index in [9.17, 15) is 9.59 Å². The molecule has 0 aliphatic carbocycles. The van der Waals surface area contributed by atoms with Gasteiger partial charge >= 0.3 is 0 Å². The molecule has 2 aromatic rings. The summed E-state index contributed by atoms with van der Waals surface area (Å²) in [6, 6.07) is 13.7. The van der Waals surface area contributed by atoms with Crippen LogP contribution in [0.4, 0.5) is 5.69 Å². The van der Waals surface area contributed by atoms with Gasteiger partial charge in [-0.2, -0.15) is 0 Å². The summed E-state index contributed by atoms with van der Waals surface area (Å²) >= 11 is 0. The highest BCUT2D eigenvalue weighted by Gasteiger charge is 2.42. The van der Waals surface area contributed by atoms with Crippen LogP contribution in [0.3, 0.4) is 0 Å². The number of hydrogen-bond donors (Lipinski definition) is 1. The van der Waals surface area contributed by atoms with Crippen LogP contribution in [0.1, 0.15) is 42.7 Å². The van der Waals surface area contributed by atoms with Crippen LogP contribution in [0.15, 0.2) is 48.5 Å². The first-order valence-electron chi connectivity index (χ1n) is 8.20. The van der Waals surface area contributed by atoms with E-state index in [-0.39, 0.29) is 17.4 Å². The minimum absolute atomic E-state index is 0.171. The molecule has 0 aromatic heterocycles. The summed E-state index contributed by atoms with van der Waals surface area (Å²) in [7, 11) is 1.59. The highest BCUT2D eigenvalue weighted by molar-refractivity contribution is 6.15. The fourth-order valence-electron chi connectivity index (χ4n) is 3.02. The van der Waals surface area contributed by atoms with E-state index in [0.717, 1.165) is 5.56 Å². The second-order valence-electron chi connectivity index (χ2n) is 7.10. The van der Waals surface area contributed by atoms with Crippen LogP contribution < -0.4 is 15.0 Å². The van der Waals surface area contributed by atoms with E-state index < -0.39 is 6.04 Å². The van der Waals surface area contributed by atoms with Gasteiger partial charge in [-0.3, -0.25) is 14.5 Å². The molecule has 1 unspecified atom stereocenters. The Balaban J connectivity index is 2.05. The van der Waals surface area contributed by atoms with Gasteiger partial charge in [0.15, 0.2) is 0 Å². The van der Waals surface area contributed by atoms with Gasteiger partial charge in [0.1, 0.15) is 11.8 Å². The molecule has 0 bridgehead atoms. The molecule has 0 spiro atoms. The molecule has 3 rings (SSSR count). The SMILES string of the molecule is COc1ccc(N2C(=O)c3ccccc3C2C(=O)NC(C)(C)C)cc1. The number of methoxy groups -OCH3 is 1. The third-order valence-corrected chi connectivity index (χ3v) is 4.06. The van der Waals surface area contributed by atoms with E-state index in [2.05, 4.69) is 5.32 Å². The summed E-state index contributed by atoms with van der Waals surface area (Å²) in [5.74, 6) is 0.333. The molecule has 0 saturated carbocycles. The molecule has 0 saturated heterocycles. The minimum atomic E-state index is -0.684. The lowest BCUT2D eigenvalue weighted by Crippen LogP contribution is -2.47. The van der Waals surface area contributed by atoms with E-state index in [4.69, 9.17) is 4.74 Å². The average molecular weight is 338 g/mol. The first-order valence-corrected chi connectivity index (χ1v) is 8.20. The maximum Gasteiger partial charge on any atom is 0.259 e. The number of hydrogen-bond acceptors (Lipinski definition) is 3. The molecule has 1 heterocycles.